The largest absolute Gasteiger partial charge is 0.374 e. The molecule has 2 N–H and O–H groups in total. The lowest BCUT2D eigenvalue weighted by Crippen LogP contribution is -2.44. The molecule has 0 aromatic carbocycles. The molecule has 1 rings (SSSR count). The first-order valence-corrected chi connectivity index (χ1v) is 5.27. The van der Waals surface area contributed by atoms with E-state index in [9.17, 15) is 8.78 Å². The van der Waals surface area contributed by atoms with E-state index in [0.717, 1.165) is 25.7 Å². The van der Waals surface area contributed by atoms with E-state index in [1.165, 1.54) is 12.8 Å². The fourth-order valence-electron chi connectivity index (χ4n) is 1.93. The minimum Gasteiger partial charge on any atom is -0.374 e. The zero-order valence-corrected chi connectivity index (χ0v) is 8.48. The highest BCUT2D eigenvalue weighted by Crippen LogP contribution is 2.25. The number of nitrogens with two attached hydrogens (primary N) is 1. The molecular weight excluding hydrogens is 188 g/mol. The summed E-state index contributed by atoms with van der Waals surface area (Å²) in [7, 11) is 0. The molecule has 1 aliphatic carbocycles. The monoisotopic (exact) mass is 207 g/mol. The Morgan fingerprint density at radius 3 is 2.21 bits per heavy atom. The van der Waals surface area contributed by atoms with Crippen molar-refractivity contribution < 1.29 is 13.5 Å². The maximum Gasteiger partial charge on any atom is 0.261 e. The smallest absolute Gasteiger partial charge is 0.261 e. The predicted octanol–water partition coefficient (Wildman–Crippen LogP) is 2.32. The average molecular weight is 207 g/mol. The van der Waals surface area contributed by atoms with Crippen LogP contribution in [0.2, 0.25) is 0 Å². The predicted molar refractivity (Wildman–Crippen MR) is 51.4 cm³/mol. The molecule has 0 aliphatic heterocycles. The third-order valence-electron chi connectivity index (χ3n) is 2.73. The van der Waals surface area contributed by atoms with Gasteiger partial charge in [-0.2, -0.15) is 0 Å². The molecule has 0 amide bonds. The maximum atomic E-state index is 11.8. The summed E-state index contributed by atoms with van der Waals surface area (Å²) in [6, 6.07) is 0. The van der Waals surface area contributed by atoms with Crippen molar-refractivity contribution in [3.8, 4) is 0 Å². The van der Waals surface area contributed by atoms with Crippen LogP contribution in [0.1, 0.15) is 38.5 Å². The van der Waals surface area contributed by atoms with Crippen LogP contribution < -0.4 is 5.73 Å². The Hall–Kier alpha value is -0.220. The van der Waals surface area contributed by atoms with Gasteiger partial charge in [-0.15, -0.1) is 0 Å². The summed E-state index contributed by atoms with van der Waals surface area (Å²) in [6.07, 6.45) is 4.00. The van der Waals surface area contributed by atoms with E-state index in [-0.39, 0.29) is 12.1 Å². The first-order chi connectivity index (χ1) is 6.62. The molecule has 2 nitrogen and oxygen atoms in total. The van der Waals surface area contributed by atoms with Gasteiger partial charge in [0.1, 0.15) is 6.61 Å². The lowest BCUT2D eigenvalue weighted by atomic mass is 9.93. The molecule has 1 aliphatic rings. The maximum absolute atomic E-state index is 11.8. The van der Waals surface area contributed by atoms with Crippen LogP contribution in [0.3, 0.4) is 0 Å². The van der Waals surface area contributed by atoms with Crippen molar-refractivity contribution in [1.29, 1.82) is 0 Å². The van der Waals surface area contributed by atoms with Crippen molar-refractivity contribution in [2.45, 2.75) is 50.5 Å². The van der Waals surface area contributed by atoms with E-state index in [1.807, 2.05) is 0 Å². The Labute approximate surface area is 83.8 Å². The summed E-state index contributed by atoms with van der Waals surface area (Å²) in [6.45, 7) is -0.212. The number of halogens is 2. The van der Waals surface area contributed by atoms with Crippen LogP contribution in [0.15, 0.2) is 0 Å². The van der Waals surface area contributed by atoms with Gasteiger partial charge >= 0.3 is 0 Å². The molecule has 84 valence electrons. The molecule has 0 bridgehead atoms. The molecule has 1 saturated carbocycles. The highest BCUT2D eigenvalue weighted by atomic mass is 19.3. The summed E-state index contributed by atoms with van der Waals surface area (Å²) in [4.78, 5) is 0. The minimum absolute atomic E-state index is 0.275. The van der Waals surface area contributed by atoms with Crippen LogP contribution in [-0.2, 0) is 4.74 Å². The van der Waals surface area contributed by atoms with Gasteiger partial charge < -0.3 is 10.5 Å². The second-order valence-corrected chi connectivity index (χ2v) is 4.18. The standard InChI is InChI=1S/C10H19F2NO/c11-9(12)7-14-8-10(13)5-3-1-2-4-6-10/h9H,1-8,13H2. The Bertz CT molecular complexity index is 156. The van der Waals surface area contributed by atoms with Crippen LogP contribution in [-0.4, -0.2) is 25.2 Å². The molecule has 0 aromatic heterocycles. The van der Waals surface area contributed by atoms with Gasteiger partial charge in [-0.3, -0.25) is 0 Å². The summed E-state index contributed by atoms with van der Waals surface area (Å²) < 4.78 is 28.6. The second-order valence-electron chi connectivity index (χ2n) is 4.18. The number of ether oxygens (including phenoxy) is 1. The molecule has 0 atom stereocenters. The van der Waals surface area contributed by atoms with Gasteiger partial charge in [0.05, 0.1) is 6.61 Å². The Morgan fingerprint density at radius 1 is 1.14 bits per heavy atom. The van der Waals surface area contributed by atoms with E-state index in [0.29, 0.717) is 0 Å². The summed E-state index contributed by atoms with van der Waals surface area (Å²) >= 11 is 0. The third kappa shape index (κ3) is 4.33. The lowest BCUT2D eigenvalue weighted by Gasteiger charge is -2.27. The molecule has 0 aromatic rings. The lowest BCUT2D eigenvalue weighted by molar-refractivity contribution is -0.00409. The zero-order chi connectivity index (χ0) is 10.4. The first-order valence-electron chi connectivity index (χ1n) is 5.27. The molecule has 0 unspecified atom stereocenters. The van der Waals surface area contributed by atoms with Gasteiger partial charge in [-0.05, 0) is 12.8 Å². The average Bonchev–Trinajstić information content (AvgIpc) is 2.30. The molecule has 0 radical (unpaired) electrons. The van der Waals surface area contributed by atoms with Crippen LogP contribution in [0.25, 0.3) is 0 Å². The zero-order valence-electron chi connectivity index (χ0n) is 8.48. The molecule has 0 spiro atoms. The van der Waals surface area contributed by atoms with E-state index in [4.69, 9.17) is 10.5 Å². The highest BCUT2D eigenvalue weighted by molar-refractivity contribution is 4.85. The van der Waals surface area contributed by atoms with Gasteiger partial charge in [0.15, 0.2) is 0 Å². The van der Waals surface area contributed by atoms with Crippen LogP contribution in [0, 0.1) is 0 Å². The second kappa shape index (κ2) is 5.61. The fraction of sp³-hybridized carbons (Fsp3) is 1.00. The Balaban J connectivity index is 2.24. The van der Waals surface area contributed by atoms with Crippen molar-refractivity contribution in [3.05, 3.63) is 0 Å². The van der Waals surface area contributed by atoms with Crippen LogP contribution in [0.4, 0.5) is 8.78 Å². The van der Waals surface area contributed by atoms with Gasteiger partial charge in [0.2, 0.25) is 0 Å². The van der Waals surface area contributed by atoms with Crippen molar-refractivity contribution in [1.82, 2.24) is 0 Å². The number of rotatable bonds is 4. The van der Waals surface area contributed by atoms with Crippen molar-refractivity contribution in [2.24, 2.45) is 5.73 Å². The summed E-state index contributed by atoms with van der Waals surface area (Å²) in [5, 5.41) is 0. The van der Waals surface area contributed by atoms with Crippen molar-refractivity contribution in [2.75, 3.05) is 13.2 Å². The van der Waals surface area contributed by atoms with E-state index < -0.39 is 13.0 Å². The van der Waals surface area contributed by atoms with E-state index in [2.05, 4.69) is 0 Å². The number of hydrogen-bond acceptors (Lipinski definition) is 2. The number of hydrogen-bond donors (Lipinski definition) is 1. The van der Waals surface area contributed by atoms with Gasteiger partial charge in [-0.25, -0.2) is 8.78 Å². The van der Waals surface area contributed by atoms with Crippen LogP contribution >= 0.6 is 0 Å². The van der Waals surface area contributed by atoms with Gasteiger partial charge in [0.25, 0.3) is 6.43 Å². The normalized spacial score (nSPS) is 22.3. The highest BCUT2D eigenvalue weighted by Gasteiger charge is 2.26. The topological polar surface area (TPSA) is 35.2 Å². The van der Waals surface area contributed by atoms with Gasteiger partial charge in [-0.1, -0.05) is 25.7 Å². The molecule has 0 saturated heterocycles. The number of alkyl halides is 2. The summed E-state index contributed by atoms with van der Waals surface area (Å²) in [5.41, 5.74) is 5.72. The van der Waals surface area contributed by atoms with E-state index >= 15 is 0 Å². The van der Waals surface area contributed by atoms with Crippen molar-refractivity contribution in [3.63, 3.8) is 0 Å². The fourth-order valence-corrected chi connectivity index (χ4v) is 1.93. The minimum atomic E-state index is -2.38. The van der Waals surface area contributed by atoms with E-state index in [1.54, 1.807) is 0 Å². The van der Waals surface area contributed by atoms with Crippen LogP contribution in [0.5, 0.6) is 0 Å². The Morgan fingerprint density at radius 2 is 1.71 bits per heavy atom. The Kier molecular flexibility index (Phi) is 4.75. The molecule has 0 heterocycles. The molecular formula is C10H19F2NO. The van der Waals surface area contributed by atoms with Crippen molar-refractivity contribution >= 4 is 0 Å². The third-order valence-corrected chi connectivity index (χ3v) is 2.73. The SMILES string of the molecule is NC1(COCC(F)F)CCCCCC1. The van der Waals surface area contributed by atoms with Gasteiger partial charge in [0, 0.05) is 5.54 Å². The summed E-state index contributed by atoms with van der Waals surface area (Å²) in [5.74, 6) is 0. The molecule has 4 heteroatoms. The molecule has 1 fully saturated rings. The quantitative estimate of drug-likeness (QED) is 0.718. The first kappa shape index (κ1) is 11.9. The molecule has 14 heavy (non-hydrogen) atoms.